The summed E-state index contributed by atoms with van der Waals surface area (Å²) in [5.41, 5.74) is 0. The predicted molar refractivity (Wildman–Crippen MR) is 33.9 cm³/mol. The Morgan fingerprint density at radius 1 is 1.71 bits per heavy atom. The van der Waals surface area contributed by atoms with Crippen LogP contribution in [0.2, 0.25) is 6.04 Å². The zero-order valence-corrected chi connectivity index (χ0v) is 6.65. The molecule has 1 nitrogen and oxygen atoms in total. The molecule has 0 rings (SSSR count). The van der Waals surface area contributed by atoms with Crippen molar-refractivity contribution < 1.29 is 0 Å². The van der Waals surface area contributed by atoms with Gasteiger partial charge in [0.05, 0.1) is 6.07 Å². The topological polar surface area (TPSA) is 23.8 Å². The molecule has 0 aliphatic heterocycles. The standard InChI is InChI=1S/C5H10NSi/c6-4-2-1-3-5-7/h3H,1-2,5H2,7H3. The summed E-state index contributed by atoms with van der Waals surface area (Å²) in [6, 6.07) is 3.31. The highest BCUT2D eigenvalue weighted by molar-refractivity contribution is 6.09. The Hall–Kier alpha value is -0.293. The third kappa shape index (κ3) is 5.71. The van der Waals surface area contributed by atoms with E-state index in [1.807, 2.05) is 0 Å². The Balaban J connectivity index is 2.60. The van der Waals surface area contributed by atoms with Gasteiger partial charge in [0.25, 0.3) is 0 Å². The van der Waals surface area contributed by atoms with Gasteiger partial charge in [0.15, 0.2) is 0 Å². The van der Waals surface area contributed by atoms with E-state index in [0.717, 1.165) is 6.42 Å². The smallest absolute Gasteiger partial charge is 0.0621 e. The Labute approximate surface area is 47.8 Å². The molecule has 0 saturated heterocycles. The molecule has 0 N–H and O–H groups in total. The number of rotatable bonds is 3. The van der Waals surface area contributed by atoms with E-state index in [9.17, 15) is 0 Å². The van der Waals surface area contributed by atoms with Crippen molar-refractivity contribution in [3.05, 3.63) is 6.42 Å². The number of nitrogens with zero attached hydrogens (tertiary/aromatic N) is 1. The quantitative estimate of drug-likeness (QED) is 0.380. The number of unbranched alkanes of at least 4 members (excludes halogenated alkanes) is 2. The van der Waals surface area contributed by atoms with E-state index in [4.69, 9.17) is 5.26 Å². The fourth-order valence-corrected chi connectivity index (χ4v) is 0.779. The van der Waals surface area contributed by atoms with Crippen molar-refractivity contribution in [2.75, 3.05) is 0 Å². The van der Waals surface area contributed by atoms with E-state index >= 15 is 0 Å². The first-order valence-corrected chi connectivity index (χ1v) is 4.01. The van der Waals surface area contributed by atoms with Crippen molar-refractivity contribution in [1.82, 2.24) is 0 Å². The van der Waals surface area contributed by atoms with E-state index in [0.29, 0.717) is 6.42 Å². The molecule has 0 saturated carbocycles. The van der Waals surface area contributed by atoms with E-state index in [2.05, 4.69) is 12.5 Å². The largest absolute Gasteiger partial charge is 0.198 e. The summed E-state index contributed by atoms with van der Waals surface area (Å²) in [6.07, 6.45) is 3.86. The van der Waals surface area contributed by atoms with Gasteiger partial charge in [0, 0.05) is 16.7 Å². The van der Waals surface area contributed by atoms with Crippen molar-refractivity contribution in [2.45, 2.75) is 18.9 Å². The number of hydrogen-bond donors (Lipinski definition) is 0. The van der Waals surface area contributed by atoms with Crippen molar-refractivity contribution in [1.29, 1.82) is 5.26 Å². The second-order valence-corrected chi connectivity index (χ2v) is 2.21. The van der Waals surface area contributed by atoms with Gasteiger partial charge in [0.1, 0.15) is 0 Å². The van der Waals surface area contributed by atoms with Gasteiger partial charge in [-0.3, -0.25) is 0 Å². The molecule has 0 aliphatic carbocycles. The summed E-state index contributed by atoms with van der Waals surface area (Å²) in [6.45, 7) is 0. The van der Waals surface area contributed by atoms with E-state index in [1.54, 1.807) is 0 Å². The van der Waals surface area contributed by atoms with Gasteiger partial charge in [-0.05, 0) is 12.8 Å². The normalized spacial score (nSPS) is 8.43. The van der Waals surface area contributed by atoms with Crippen LogP contribution in [0.3, 0.4) is 0 Å². The minimum atomic E-state index is 0.697. The maximum absolute atomic E-state index is 8.03. The molecule has 7 heavy (non-hydrogen) atoms. The molecule has 0 aromatic rings. The van der Waals surface area contributed by atoms with Crippen LogP contribution in [0.25, 0.3) is 0 Å². The summed E-state index contributed by atoms with van der Waals surface area (Å²) in [5, 5.41) is 8.03. The molecule has 0 spiro atoms. The predicted octanol–water partition coefficient (Wildman–Crippen LogP) is 0.278. The second-order valence-electron chi connectivity index (χ2n) is 1.39. The molecule has 0 unspecified atom stereocenters. The lowest BCUT2D eigenvalue weighted by Gasteiger charge is -1.84. The average molecular weight is 112 g/mol. The molecule has 0 fully saturated rings. The van der Waals surface area contributed by atoms with Gasteiger partial charge in [-0.1, -0.05) is 6.04 Å². The van der Waals surface area contributed by atoms with Crippen molar-refractivity contribution >= 4 is 10.2 Å². The average Bonchev–Trinajstić information content (AvgIpc) is 1.69. The van der Waals surface area contributed by atoms with Crippen LogP contribution < -0.4 is 0 Å². The fraction of sp³-hybridized carbons (Fsp3) is 0.600. The van der Waals surface area contributed by atoms with Crippen LogP contribution in [-0.2, 0) is 0 Å². The number of hydrogen-bond acceptors (Lipinski definition) is 1. The molecule has 0 atom stereocenters. The van der Waals surface area contributed by atoms with Crippen LogP contribution in [0.4, 0.5) is 0 Å². The molecule has 0 aliphatic rings. The van der Waals surface area contributed by atoms with Crippen LogP contribution in [0, 0.1) is 17.8 Å². The molecule has 0 aromatic carbocycles. The van der Waals surface area contributed by atoms with Crippen LogP contribution in [0.5, 0.6) is 0 Å². The Kier molecular flexibility index (Phi) is 5.47. The minimum Gasteiger partial charge on any atom is -0.198 e. The Bertz CT molecular complexity index is 65.0. The fourth-order valence-electron chi connectivity index (χ4n) is 0.371. The number of nitriles is 1. The Morgan fingerprint density at radius 2 is 2.43 bits per heavy atom. The first-order valence-electron chi connectivity index (χ1n) is 2.60. The molecule has 0 bridgehead atoms. The lowest BCUT2D eigenvalue weighted by Crippen LogP contribution is -1.72. The van der Waals surface area contributed by atoms with Crippen LogP contribution in [0.15, 0.2) is 0 Å². The molecular formula is C5H10NSi. The van der Waals surface area contributed by atoms with Crippen molar-refractivity contribution in [2.24, 2.45) is 0 Å². The lowest BCUT2D eigenvalue weighted by molar-refractivity contribution is 0.981. The van der Waals surface area contributed by atoms with Gasteiger partial charge >= 0.3 is 0 Å². The highest BCUT2D eigenvalue weighted by atomic mass is 28.1. The van der Waals surface area contributed by atoms with E-state index in [-0.39, 0.29) is 0 Å². The van der Waals surface area contributed by atoms with Gasteiger partial charge in [-0.15, -0.1) is 0 Å². The molecule has 39 valence electrons. The first-order chi connectivity index (χ1) is 3.41. The summed E-state index contributed by atoms with van der Waals surface area (Å²) >= 11 is 0. The van der Waals surface area contributed by atoms with Gasteiger partial charge in [0.2, 0.25) is 0 Å². The molecule has 2 heteroatoms. The summed E-state index contributed by atoms with van der Waals surface area (Å²) in [5.74, 6) is 0. The third-order valence-electron chi connectivity index (χ3n) is 0.749. The molecule has 1 radical (unpaired) electrons. The van der Waals surface area contributed by atoms with Crippen LogP contribution in [-0.4, -0.2) is 10.2 Å². The van der Waals surface area contributed by atoms with E-state index in [1.165, 1.54) is 16.3 Å². The van der Waals surface area contributed by atoms with Crippen molar-refractivity contribution in [3.8, 4) is 6.07 Å². The Morgan fingerprint density at radius 3 is 2.86 bits per heavy atom. The first kappa shape index (κ1) is 6.71. The van der Waals surface area contributed by atoms with Crippen LogP contribution >= 0.6 is 0 Å². The van der Waals surface area contributed by atoms with Gasteiger partial charge < -0.3 is 0 Å². The van der Waals surface area contributed by atoms with E-state index < -0.39 is 0 Å². The second kappa shape index (κ2) is 5.71. The summed E-state index contributed by atoms with van der Waals surface area (Å²) in [7, 11) is 1.24. The summed E-state index contributed by atoms with van der Waals surface area (Å²) in [4.78, 5) is 0. The van der Waals surface area contributed by atoms with Crippen LogP contribution in [0.1, 0.15) is 12.8 Å². The van der Waals surface area contributed by atoms with Gasteiger partial charge in [-0.2, -0.15) is 5.26 Å². The zero-order chi connectivity index (χ0) is 5.54. The SMILES string of the molecule is N#CCC[CH]C[SiH3]. The molecule has 0 heterocycles. The monoisotopic (exact) mass is 112 g/mol. The lowest BCUT2D eigenvalue weighted by atomic mass is 10.3. The molecule has 0 amide bonds. The molecule has 0 aromatic heterocycles. The van der Waals surface area contributed by atoms with Gasteiger partial charge in [-0.25, -0.2) is 0 Å². The maximum Gasteiger partial charge on any atom is 0.0621 e. The highest BCUT2D eigenvalue weighted by Gasteiger charge is 1.80. The third-order valence-corrected chi connectivity index (χ3v) is 1.33. The molecular weight excluding hydrogens is 102 g/mol. The zero-order valence-electron chi connectivity index (χ0n) is 4.65. The minimum absolute atomic E-state index is 0.697. The summed E-state index contributed by atoms with van der Waals surface area (Å²) < 4.78 is 0. The maximum atomic E-state index is 8.03. The highest BCUT2D eigenvalue weighted by Crippen LogP contribution is 1.92. The van der Waals surface area contributed by atoms with Crippen molar-refractivity contribution in [3.63, 3.8) is 0 Å².